The average molecular weight is 442 g/mol. The highest BCUT2D eigenvalue weighted by Gasteiger charge is 2.27. The van der Waals surface area contributed by atoms with E-state index < -0.39 is 4.92 Å². The first kappa shape index (κ1) is 23.4. The van der Waals surface area contributed by atoms with Crippen molar-refractivity contribution in [3.05, 3.63) is 45.5 Å². The van der Waals surface area contributed by atoms with Crippen molar-refractivity contribution in [2.24, 2.45) is 0 Å². The summed E-state index contributed by atoms with van der Waals surface area (Å²) >= 11 is 0. The molecule has 10 heteroatoms. The molecule has 2 aromatic rings. The van der Waals surface area contributed by atoms with Gasteiger partial charge in [-0.3, -0.25) is 15.0 Å². The van der Waals surface area contributed by atoms with E-state index in [4.69, 9.17) is 5.73 Å². The van der Waals surface area contributed by atoms with Crippen LogP contribution < -0.4 is 16.0 Å². The molecule has 1 aliphatic rings. The summed E-state index contributed by atoms with van der Waals surface area (Å²) < 4.78 is 0. The lowest BCUT2D eigenvalue weighted by Crippen LogP contribution is -2.28. The number of carbonyl (C=O) groups is 1. The van der Waals surface area contributed by atoms with Crippen LogP contribution in [0, 0.1) is 10.1 Å². The monoisotopic (exact) mass is 441 g/mol. The zero-order chi connectivity index (χ0) is 22.9. The summed E-state index contributed by atoms with van der Waals surface area (Å²) in [5.41, 5.74) is 7.64. The van der Waals surface area contributed by atoms with Gasteiger partial charge in [-0.2, -0.15) is 9.97 Å². The molecule has 2 heterocycles. The minimum absolute atomic E-state index is 0.0403. The van der Waals surface area contributed by atoms with Crippen LogP contribution in [0.2, 0.25) is 0 Å². The van der Waals surface area contributed by atoms with Gasteiger partial charge >= 0.3 is 5.69 Å². The summed E-state index contributed by atoms with van der Waals surface area (Å²) in [6.45, 7) is 5.98. The predicted octanol–water partition coefficient (Wildman–Crippen LogP) is 2.98. The van der Waals surface area contributed by atoms with E-state index in [0.717, 1.165) is 38.0 Å². The molecule has 1 aromatic carbocycles. The van der Waals surface area contributed by atoms with E-state index in [1.54, 1.807) is 4.90 Å². The number of nitrogens with one attached hydrogen (secondary N) is 1. The van der Waals surface area contributed by atoms with Crippen LogP contribution in [0.1, 0.15) is 43.7 Å². The predicted molar refractivity (Wildman–Crippen MR) is 125 cm³/mol. The Bertz CT molecular complexity index is 932. The fourth-order valence-electron chi connectivity index (χ4n) is 3.87. The number of carbonyl (C=O) groups excluding carboxylic acids is 1. The molecule has 172 valence electrons. The Hall–Kier alpha value is -3.27. The van der Waals surface area contributed by atoms with E-state index in [1.807, 2.05) is 12.1 Å². The van der Waals surface area contributed by atoms with Crippen molar-refractivity contribution in [3.63, 3.8) is 0 Å². The second kappa shape index (κ2) is 11.4. The summed E-state index contributed by atoms with van der Waals surface area (Å²) in [6.07, 6.45) is 5.03. The second-order valence-corrected chi connectivity index (χ2v) is 7.99. The maximum absolute atomic E-state index is 11.7. The lowest BCUT2D eigenvalue weighted by Gasteiger charge is -2.23. The molecule has 0 saturated carbocycles. The van der Waals surface area contributed by atoms with Crippen molar-refractivity contribution in [3.8, 4) is 0 Å². The van der Waals surface area contributed by atoms with Gasteiger partial charge in [0.15, 0.2) is 0 Å². The first-order valence-electron chi connectivity index (χ1n) is 11.1. The SMILES string of the molecule is CCCCNc1nc(N)c([N+](=O)[O-])c(N(CC=O)Cc2cccc(CN3CCCC3)c2)n1. The standard InChI is InChI=1S/C22H31N7O3/c1-2-3-9-24-22-25-20(23)19(29(31)32)21(26-22)28(12-13-30)16-18-8-6-7-17(14-18)15-27-10-4-5-11-27/h6-8,13-14H,2-5,9-12,15-16H2,1H3,(H3,23,24,25,26). The van der Waals surface area contributed by atoms with Crippen molar-refractivity contribution in [2.45, 2.75) is 45.7 Å². The molecule has 3 rings (SSSR count). The Morgan fingerprint density at radius 1 is 1.28 bits per heavy atom. The molecule has 0 spiro atoms. The molecule has 0 unspecified atom stereocenters. The number of likely N-dealkylation sites (tertiary alicyclic amines) is 1. The van der Waals surface area contributed by atoms with Gasteiger partial charge in [-0.05, 0) is 43.5 Å². The molecule has 0 atom stereocenters. The fourth-order valence-corrected chi connectivity index (χ4v) is 3.87. The maximum atomic E-state index is 11.7. The Labute approximate surface area is 188 Å². The van der Waals surface area contributed by atoms with Gasteiger partial charge in [-0.15, -0.1) is 0 Å². The average Bonchev–Trinajstić information content (AvgIpc) is 3.26. The molecule has 1 saturated heterocycles. The Morgan fingerprint density at radius 2 is 2.03 bits per heavy atom. The van der Waals surface area contributed by atoms with Crippen LogP contribution >= 0.6 is 0 Å². The third-order valence-electron chi connectivity index (χ3n) is 5.45. The normalized spacial score (nSPS) is 13.8. The van der Waals surface area contributed by atoms with Crippen molar-refractivity contribution in [1.29, 1.82) is 0 Å². The molecule has 1 fully saturated rings. The number of hydrogen-bond acceptors (Lipinski definition) is 9. The number of benzene rings is 1. The van der Waals surface area contributed by atoms with Gasteiger partial charge < -0.3 is 20.7 Å². The van der Waals surface area contributed by atoms with Crippen molar-refractivity contribution in [2.75, 3.05) is 42.1 Å². The van der Waals surface area contributed by atoms with E-state index >= 15 is 0 Å². The number of aldehydes is 1. The zero-order valence-corrected chi connectivity index (χ0v) is 18.5. The molecule has 1 aliphatic heterocycles. The highest BCUT2D eigenvalue weighted by atomic mass is 16.6. The minimum Gasteiger partial charge on any atom is -0.378 e. The molecule has 10 nitrogen and oxygen atoms in total. The molecule has 32 heavy (non-hydrogen) atoms. The Balaban J connectivity index is 1.88. The van der Waals surface area contributed by atoms with Crippen molar-refractivity contribution < 1.29 is 9.72 Å². The van der Waals surface area contributed by atoms with Gasteiger partial charge in [-0.1, -0.05) is 37.6 Å². The topological polar surface area (TPSA) is 131 Å². The highest BCUT2D eigenvalue weighted by Crippen LogP contribution is 2.33. The molecule has 1 aromatic heterocycles. The minimum atomic E-state index is -0.595. The zero-order valence-electron chi connectivity index (χ0n) is 18.5. The molecule has 0 bridgehead atoms. The van der Waals surface area contributed by atoms with E-state index in [1.165, 1.54) is 18.4 Å². The fraction of sp³-hybridized carbons (Fsp3) is 0.500. The molecule has 0 radical (unpaired) electrons. The van der Waals surface area contributed by atoms with Crippen LogP contribution in [0.15, 0.2) is 24.3 Å². The van der Waals surface area contributed by atoms with Gasteiger partial charge in [0.2, 0.25) is 17.6 Å². The molecule has 3 N–H and O–H groups in total. The van der Waals surface area contributed by atoms with Crippen LogP contribution in [0.25, 0.3) is 0 Å². The van der Waals surface area contributed by atoms with Crippen LogP contribution in [-0.4, -0.2) is 52.3 Å². The van der Waals surface area contributed by atoms with Crippen LogP contribution in [0.4, 0.5) is 23.3 Å². The number of hydrogen-bond donors (Lipinski definition) is 2. The van der Waals surface area contributed by atoms with Gasteiger partial charge in [0.1, 0.15) is 6.29 Å². The number of nitrogens with two attached hydrogens (primary N) is 1. The number of nitrogens with zero attached hydrogens (tertiary/aromatic N) is 5. The van der Waals surface area contributed by atoms with E-state index in [2.05, 4.69) is 39.2 Å². The number of anilines is 3. The number of nitro groups is 1. The maximum Gasteiger partial charge on any atom is 0.353 e. The number of unbranched alkanes of at least 4 members (excludes halogenated alkanes) is 1. The van der Waals surface area contributed by atoms with E-state index in [9.17, 15) is 14.9 Å². The summed E-state index contributed by atoms with van der Waals surface area (Å²) in [7, 11) is 0. The Kier molecular flexibility index (Phi) is 8.32. The quantitative estimate of drug-likeness (QED) is 0.221. The van der Waals surface area contributed by atoms with Crippen LogP contribution in [-0.2, 0) is 17.9 Å². The number of nitrogen functional groups attached to an aromatic ring is 1. The lowest BCUT2D eigenvalue weighted by molar-refractivity contribution is -0.383. The third-order valence-corrected chi connectivity index (χ3v) is 5.45. The summed E-state index contributed by atoms with van der Waals surface area (Å²) in [6, 6.07) is 8.07. The van der Waals surface area contributed by atoms with Crippen LogP contribution in [0.3, 0.4) is 0 Å². The van der Waals surface area contributed by atoms with E-state index in [0.29, 0.717) is 12.8 Å². The molecule has 0 aliphatic carbocycles. The molecular weight excluding hydrogens is 410 g/mol. The summed E-state index contributed by atoms with van der Waals surface area (Å²) in [5, 5.41) is 14.8. The number of aromatic nitrogens is 2. The first-order chi connectivity index (χ1) is 15.5. The van der Waals surface area contributed by atoms with Crippen molar-refractivity contribution >= 4 is 29.6 Å². The van der Waals surface area contributed by atoms with Gasteiger partial charge in [-0.25, -0.2) is 0 Å². The van der Waals surface area contributed by atoms with Gasteiger partial charge in [0.25, 0.3) is 0 Å². The third kappa shape index (κ3) is 6.13. The smallest absolute Gasteiger partial charge is 0.353 e. The van der Waals surface area contributed by atoms with Gasteiger partial charge in [0.05, 0.1) is 11.5 Å². The van der Waals surface area contributed by atoms with E-state index in [-0.39, 0.29) is 36.4 Å². The first-order valence-corrected chi connectivity index (χ1v) is 11.1. The molecule has 0 amide bonds. The van der Waals surface area contributed by atoms with Crippen LogP contribution in [0.5, 0.6) is 0 Å². The highest BCUT2D eigenvalue weighted by molar-refractivity contribution is 5.73. The largest absolute Gasteiger partial charge is 0.378 e. The lowest BCUT2D eigenvalue weighted by atomic mass is 10.1. The molecular formula is C22H31N7O3. The summed E-state index contributed by atoms with van der Waals surface area (Å²) in [4.78, 5) is 34.9. The second-order valence-electron chi connectivity index (χ2n) is 7.99. The Morgan fingerprint density at radius 3 is 2.72 bits per heavy atom. The van der Waals surface area contributed by atoms with Gasteiger partial charge in [0, 0.05) is 19.6 Å². The summed E-state index contributed by atoms with van der Waals surface area (Å²) in [5.74, 6) is 0.0338. The number of rotatable bonds is 12. The van der Waals surface area contributed by atoms with Crippen molar-refractivity contribution in [1.82, 2.24) is 14.9 Å².